The largest absolute Gasteiger partial charge is 0.508 e. The van der Waals surface area contributed by atoms with Gasteiger partial charge in [0.1, 0.15) is 57.6 Å². The average molecular weight is 1990 g/mol. The van der Waals surface area contributed by atoms with Crippen LogP contribution in [0.5, 0.6) is 5.75 Å². The Morgan fingerprint density at radius 3 is 1.12 bits per heavy atom. The van der Waals surface area contributed by atoms with Gasteiger partial charge in [-0.15, -0.1) is 0 Å². The van der Waals surface area contributed by atoms with E-state index >= 15 is 0 Å². The number of halogens is 5. The summed E-state index contributed by atoms with van der Waals surface area (Å²) in [5, 5.41) is 53.2. The average Bonchev–Trinajstić information content (AvgIpc) is 1.53. The fraction of sp³-hybridized carbons (Fsp3) is 0.669. The standard InChI is InChI=1S/C22H32FO2P.C22H28FO2P.C22H27FO2.C22H31FO2.C18H21FO.C18H22O2/c2*1-21-11-8-18-17-7-5-16(23)14-15(17)4-6-19(18)20(21)9-12-22(21,24)10-2-3-13-25-26;1-21-11-8-17-16-7-5-15(23)13-14(16)4-6-18(17)19(21)9-12-22(21)10-2-3-20(24)25-22;1-21-11-8-18-17-7-5-16(23)14-15(17)4-6-19(18)20(21)9-12-22(21,25)10-2-3-13-24;2*1-18-9-8-14-13-5-3-12(19)10-11(13)2-4-15(14)16(18)6-7-17(18)20/h5,7,14,18-20,24H,2-4,6,8-13,26H2,1H3;5,7,14,18-20,24H,3-4,6,8-9,11-13,26H2,1H3;5,7,13,17-19H,2-4,6,8-12H2,1H3;5,7,14,18-20,24-25H,2-4,6,8-13H2,1H3;3,5,10,14-16H,2,4,6-9H2,1H3;3,5,10,14-16,19H,2,4,6-9H2,1H3/t2*18?,19?,20?,21-,22-;17?,18?,19?,21-,22-;18?,19?,20?,21-,22-;2*14?,15?,16?,18-/m000000/s1/i2*26T;;;;/t2*18?,19?,20?,21-,22-,26?;;;;m. The van der Waals surface area contributed by atoms with Crippen LogP contribution in [0.4, 0.5) is 22.0 Å². The predicted octanol–water partition coefficient (Wildman–Crippen LogP) is 27.8. The summed E-state index contributed by atoms with van der Waals surface area (Å²) in [6.45, 7) is 15.0. The first-order chi connectivity index (χ1) is 69.2. The van der Waals surface area contributed by atoms with Gasteiger partial charge in [0.2, 0.25) is 0 Å². The second-order valence-electron chi connectivity index (χ2n) is 50.0. The molecule has 19 aliphatic rings. The number of unbranched alkanes of at least 4 members (excludes halogenated alkanes) is 2. The van der Waals surface area contributed by atoms with Gasteiger partial charge >= 0.3 is 5.97 Å². The second kappa shape index (κ2) is 40.9. The molecule has 1 aliphatic heterocycles. The number of esters is 1. The number of aryl methyl sites for hydroxylation is 6. The molecule has 12 saturated carbocycles. The molecule has 1 saturated heterocycles. The number of phenols is 1. The molecule has 18 aliphatic carbocycles. The second-order valence-corrected chi connectivity index (χ2v) is 50.6. The van der Waals surface area contributed by atoms with Gasteiger partial charge in [0.05, 0.1) is 27.0 Å². The Labute approximate surface area is 850 Å². The summed E-state index contributed by atoms with van der Waals surface area (Å²) in [5.74, 6) is 17.7. The highest BCUT2D eigenvalue weighted by molar-refractivity contribution is 7.10. The molecule has 0 radical (unpaired) electrons. The van der Waals surface area contributed by atoms with Crippen molar-refractivity contribution in [1.29, 1.82) is 2.56 Å². The first-order valence-electron chi connectivity index (χ1n) is 57.0. The van der Waals surface area contributed by atoms with Crippen molar-refractivity contribution in [3.63, 3.8) is 0 Å². The Kier molecular flexibility index (Phi) is 28.9. The molecule has 20 unspecified atom stereocenters. The Bertz CT molecular complexity index is 5670. The zero-order chi connectivity index (χ0) is 101. The zero-order valence-corrected chi connectivity index (χ0v) is 87.5. The number of hydrogen-bond donors (Lipinski definition) is 5. The maximum absolute atomic E-state index is 13.6. The first kappa shape index (κ1) is 100. The smallest absolute Gasteiger partial charge is 0.306 e. The van der Waals surface area contributed by atoms with Crippen LogP contribution in [-0.2, 0) is 66.7 Å². The van der Waals surface area contributed by atoms with Gasteiger partial charge in [0, 0.05) is 72.8 Å². The number of benzene rings is 6. The Morgan fingerprint density at radius 1 is 0.366 bits per heavy atom. The molecule has 1 heterocycles. The maximum atomic E-state index is 13.6. The van der Waals surface area contributed by atoms with Gasteiger partial charge in [0.15, 0.2) is 0 Å². The number of aliphatic hydroxyl groups is 4. The predicted molar refractivity (Wildman–Crippen MR) is 554 cm³/mol. The normalized spacial score (nSPS) is 39.8. The van der Waals surface area contributed by atoms with E-state index in [0.29, 0.717) is 150 Å². The number of aromatic hydroxyl groups is 1. The van der Waals surface area contributed by atoms with Crippen molar-refractivity contribution in [3.8, 4) is 17.6 Å². The van der Waals surface area contributed by atoms with E-state index in [1.807, 2.05) is 42.5 Å². The number of phenolic OH excluding ortho intramolecular Hbond substituents is 1. The molecule has 142 heavy (non-hydrogen) atoms. The SMILES string of the molecule is C[C@]12CCC3c4ccc(F)cc4CCC3C1CCC2=O.C[C@]12CCC3c4ccc(F)cc4CCC3C1CC[C@@]2(O)CCCCO.C[C@]12CCC3c4ccc(F)cc4CCC3C1CC[C@@]21CCCC(=O)O1.C[C@]12CCC3c4ccc(O)cc4CCC3C1CCC2=O.[3H]POCCC#C[C@]1(O)CCC2C3CCc4cc(F)ccc4C3CC[C@@]21C.[3H]POCCCC[C@]1(O)CCC2C3CCc4cc(F)ccc4C3CC[C@@]21C. The molecule has 11 nitrogen and oxygen atoms in total. The van der Waals surface area contributed by atoms with E-state index in [9.17, 15) is 56.8 Å². The number of Topliss-reactive ketones (excluding diaryl/α,β-unsaturated/α-hetero) is 2. The van der Waals surface area contributed by atoms with Gasteiger partial charge in [-0.25, -0.2) is 22.0 Å². The number of carbonyl (C=O) groups excluding carboxylic acids is 3. The summed E-state index contributed by atoms with van der Waals surface area (Å²) in [4.78, 5) is 36.6. The molecular formula is C124H161F5O11P2. The Morgan fingerprint density at radius 2 is 0.711 bits per heavy atom. The third kappa shape index (κ3) is 18.2. The number of aliphatic hydroxyl groups excluding tert-OH is 1. The van der Waals surface area contributed by atoms with Gasteiger partial charge in [-0.2, -0.15) is 0 Å². The van der Waals surface area contributed by atoms with Crippen LogP contribution in [0, 0.1) is 144 Å². The molecule has 13 fully saturated rings. The van der Waals surface area contributed by atoms with E-state index < -0.39 is 16.8 Å². The third-order valence-corrected chi connectivity index (χ3v) is 45.0. The minimum absolute atomic E-state index is 0.00115. The zero-order valence-electron chi connectivity index (χ0n) is 87.5. The number of ketones is 2. The summed E-state index contributed by atoms with van der Waals surface area (Å²) >= 11 is 0. The van der Waals surface area contributed by atoms with E-state index in [1.54, 1.807) is 60.7 Å². The van der Waals surface area contributed by atoms with Crippen LogP contribution in [0.2, 0.25) is 0 Å². The monoisotopic (exact) mass is 1990 g/mol. The molecular weight excluding hydrogens is 1820 g/mol. The topological polar surface area (TPSA) is 180 Å². The van der Waals surface area contributed by atoms with Crippen LogP contribution < -0.4 is 0 Å². The van der Waals surface area contributed by atoms with Crippen molar-refractivity contribution < 1.29 is 75.7 Å². The van der Waals surface area contributed by atoms with Crippen molar-refractivity contribution in [2.75, 3.05) is 19.8 Å². The summed E-state index contributed by atoms with van der Waals surface area (Å²) in [6.07, 6.45) is 46.0. The number of hydrogen-bond acceptors (Lipinski definition) is 11. The lowest BCUT2D eigenvalue weighted by Gasteiger charge is -2.55. The van der Waals surface area contributed by atoms with Gasteiger partial charge in [-0.3, -0.25) is 14.4 Å². The minimum Gasteiger partial charge on any atom is -0.508 e. The fourth-order valence-electron chi connectivity index (χ4n) is 37.1. The highest BCUT2D eigenvalue weighted by Crippen LogP contribution is 2.72. The molecule has 30 atom stereocenters. The van der Waals surface area contributed by atoms with E-state index in [0.717, 1.165) is 270 Å². The molecule has 18 heteroatoms. The first-order valence-corrected chi connectivity index (χ1v) is 56.9. The minimum atomic E-state index is -0.922. The molecule has 1 spiro atoms. The van der Waals surface area contributed by atoms with Crippen molar-refractivity contribution in [2.45, 2.75) is 395 Å². The van der Waals surface area contributed by atoms with Gasteiger partial charge in [-0.05, 0) is 527 Å². The molecule has 25 rings (SSSR count). The molecule has 6 aromatic rings. The van der Waals surface area contributed by atoms with E-state index in [1.165, 1.54) is 79.6 Å². The van der Waals surface area contributed by atoms with Crippen LogP contribution in [0.3, 0.4) is 0 Å². The molecule has 5 N–H and O–H groups in total. The lowest BCUT2D eigenvalue weighted by atomic mass is 9.52. The lowest BCUT2D eigenvalue weighted by molar-refractivity contribution is -0.190. The van der Waals surface area contributed by atoms with Crippen LogP contribution in [0.25, 0.3) is 0 Å². The van der Waals surface area contributed by atoms with E-state index in [2.05, 4.69) is 59.4 Å². The van der Waals surface area contributed by atoms with Gasteiger partial charge < -0.3 is 39.3 Å². The van der Waals surface area contributed by atoms with Crippen molar-refractivity contribution in [1.82, 2.24) is 0 Å². The number of rotatable bonds is 13. The van der Waals surface area contributed by atoms with Crippen molar-refractivity contribution in [3.05, 3.63) is 205 Å². The third-order valence-electron chi connectivity index (χ3n) is 44.6. The summed E-state index contributed by atoms with van der Waals surface area (Å²) in [5.41, 5.74) is 13.3. The summed E-state index contributed by atoms with van der Waals surface area (Å²) < 4.78 is 98.3. The van der Waals surface area contributed by atoms with Crippen LogP contribution >= 0.6 is 18.8 Å². The number of carbonyl (C=O) groups is 3. The fourth-order valence-corrected chi connectivity index (χ4v) is 37.3. The Hall–Kier alpha value is -6.24. The molecule has 768 valence electrons. The summed E-state index contributed by atoms with van der Waals surface area (Å²) in [7, 11) is -0.446. The van der Waals surface area contributed by atoms with Crippen molar-refractivity contribution in [2.24, 2.45) is 104 Å². The molecule has 0 amide bonds. The van der Waals surface area contributed by atoms with E-state index in [-0.39, 0.29) is 98.6 Å². The maximum Gasteiger partial charge on any atom is 0.306 e. The lowest BCUT2D eigenvalue weighted by Crippen LogP contribution is -2.54. The van der Waals surface area contributed by atoms with Gasteiger partial charge in [-0.1, -0.05) is 89.8 Å². The highest BCUT2D eigenvalue weighted by atomic mass is 31.0. The molecule has 6 aromatic carbocycles. The van der Waals surface area contributed by atoms with Crippen LogP contribution in [-0.4, -0.2) is 87.9 Å². The van der Waals surface area contributed by atoms with Gasteiger partial charge in [0.25, 0.3) is 0 Å². The van der Waals surface area contributed by atoms with Crippen LogP contribution in [0.1, 0.15) is 401 Å². The van der Waals surface area contributed by atoms with Crippen molar-refractivity contribution >= 4 is 36.4 Å². The van der Waals surface area contributed by atoms with Crippen LogP contribution in [0.15, 0.2) is 109 Å². The van der Waals surface area contributed by atoms with E-state index in [4.69, 9.17) is 21.4 Å². The number of fused-ring (bicyclic) bond motifs is 31. The number of ether oxygens (including phenoxy) is 1. The Balaban J connectivity index is 0.000000106. The molecule has 0 aromatic heterocycles. The molecule has 0 bridgehead atoms. The highest BCUT2D eigenvalue weighted by Gasteiger charge is 2.68. The summed E-state index contributed by atoms with van der Waals surface area (Å²) in [6, 6.07) is 32.7. The quantitative estimate of drug-likeness (QED) is 0.0244.